The van der Waals surface area contributed by atoms with Gasteiger partial charge in [-0.05, 0) is 45.4 Å². The zero-order chi connectivity index (χ0) is 25.3. The summed E-state index contributed by atoms with van der Waals surface area (Å²) in [6.45, 7) is 7.91. The molecule has 11 heteroatoms. The molecule has 11 nitrogen and oxygen atoms in total. The van der Waals surface area contributed by atoms with Crippen molar-refractivity contribution >= 4 is 34.8 Å². The summed E-state index contributed by atoms with van der Waals surface area (Å²) in [7, 11) is 3.16. The lowest BCUT2D eigenvalue weighted by atomic mass is 10.2. The van der Waals surface area contributed by atoms with E-state index in [-0.39, 0.29) is 17.6 Å². The van der Waals surface area contributed by atoms with Gasteiger partial charge in [-0.1, -0.05) is 6.07 Å². The van der Waals surface area contributed by atoms with Crippen LogP contribution >= 0.6 is 0 Å². The van der Waals surface area contributed by atoms with E-state index < -0.39 is 11.7 Å². The highest BCUT2D eigenvalue weighted by atomic mass is 16.6. The first-order chi connectivity index (χ1) is 16.6. The van der Waals surface area contributed by atoms with Crippen molar-refractivity contribution in [3.05, 3.63) is 41.7 Å². The van der Waals surface area contributed by atoms with Crippen LogP contribution in [0.2, 0.25) is 0 Å². The molecule has 0 saturated carbocycles. The minimum absolute atomic E-state index is 0.215. The molecule has 2 amide bonds. The lowest BCUT2D eigenvalue weighted by Crippen LogP contribution is -2.37. The Balaban J connectivity index is 1.87. The average molecular weight is 483 g/mol. The van der Waals surface area contributed by atoms with Gasteiger partial charge in [0.1, 0.15) is 11.4 Å². The third-order valence-electron chi connectivity index (χ3n) is 5.25. The molecule has 0 fully saturated rings. The number of rotatable bonds is 2. The second kappa shape index (κ2) is 9.41. The minimum atomic E-state index is -0.685. The van der Waals surface area contributed by atoms with Gasteiger partial charge in [-0.25, -0.2) is 14.3 Å². The fourth-order valence-electron chi connectivity index (χ4n) is 3.62. The molecule has 4 bridgehead atoms. The number of anilines is 3. The lowest BCUT2D eigenvalue weighted by Gasteiger charge is -2.25. The Morgan fingerprint density at radius 3 is 2.77 bits per heavy atom. The molecule has 2 aromatic heterocycles. The van der Waals surface area contributed by atoms with Crippen LogP contribution in [0.3, 0.4) is 0 Å². The summed E-state index contributed by atoms with van der Waals surface area (Å²) in [5.41, 5.74) is 1.84. The number of nitrogens with zero attached hydrogens (tertiary/aromatic N) is 4. The molecule has 4 rings (SSSR count). The number of benzene rings is 1. The fraction of sp³-hybridized carbons (Fsp3) is 0.417. The normalized spacial score (nSPS) is 16.3. The summed E-state index contributed by atoms with van der Waals surface area (Å²) in [5, 5.41) is 10.8. The van der Waals surface area contributed by atoms with Gasteiger partial charge in [0.15, 0.2) is 17.2 Å². The highest BCUT2D eigenvalue weighted by Crippen LogP contribution is 2.31. The number of methoxy groups -OCH3 is 1. The molecule has 0 spiro atoms. The van der Waals surface area contributed by atoms with Crippen LogP contribution in [0.5, 0.6) is 5.75 Å². The van der Waals surface area contributed by atoms with E-state index >= 15 is 0 Å². The van der Waals surface area contributed by atoms with Gasteiger partial charge in [-0.2, -0.15) is 0 Å². The van der Waals surface area contributed by atoms with Crippen molar-refractivity contribution in [3.63, 3.8) is 0 Å². The number of hydrogen-bond donors (Lipinski definition) is 2. The minimum Gasteiger partial charge on any atom is -0.495 e. The van der Waals surface area contributed by atoms with E-state index in [4.69, 9.17) is 14.2 Å². The molecule has 0 aliphatic carbocycles. The van der Waals surface area contributed by atoms with Crippen molar-refractivity contribution < 1.29 is 23.8 Å². The molecule has 186 valence electrons. The standard InChI is InChI=1S/C24H30N6O5/c1-14-12-34-13-15-7-8-19(33-6)16(9-15)27-20-10-17(29(5)23(32)35-24(2,3)4)21-25-11-18(22(31)26-14)30(21)28-20/h7-11,14H,12-13H2,1-6H3,(H,26,31)(H,27,28)/t14-/m0/s1. The molecule has 3 aromatic rings. The molecular weight excluding hydrogens is 452 g/mol. The molecule has 1 aliphatic heterocycles. The predicted octanol–water partition coefficient (Wildman–Crippen LogP) is 3.50. The van der Waals surface area contributed by atoms with Crippen LogP contribution in [0.25, 0.3) is 5.65 Å². The maximum absolute atomic E-state index is 13.0. The van der Waals surface area contributed by atoms with Crippen LogP contribution in [-0.2, 0) is 16.1 Å². The largest absolute Gasteiger partial charge is 0.495 e. The number of carbonyl (C=O) groups is 2. The first kappa shape index (κ1) is 24.3. The quantitative estimate of drug-likeness (QED) is 0.570. The van der Waals surface area contributed by atoms with Crippen molar-refractivity contribution in [2.24, 2.45) is 0 Å². The van der Waals surface area contributed by atoms with Crippen molar-refractivity contribution in [3.8, 4) is 5.75 Å². The van der Waals surface area contributed by atoms with E-state index in [1.165, 1.54) is 15.6 Å². The fourth-order valence-corrected chi connectivity index (χ4v) is 3.62. The third kappa shape index (κ3) is 5.29. The Kier molecular flexibility index (Phi) is 6.53. The third-order valence-corrected chi connectivity index (χ3v) is 5.25. The average Bonchev–Trinajstić information content (AvgIpc) is 3.20. The van der Waals surface area contributed by atoms with E-state index in [0.717, 1.165) is 5.56 Å². The van der Waals surface area contributed by atoms with Crippen molar-refractivity contribution in [2.75, 3.05) is 31.0 Å². The molecule has 0 radical (unpaired) electrons. The Bertz CT molecular complexity index is 1270. The second-order valence-corrected chi connectivity index (χ2v) is 9.38. The van der Waals surface area contributed by atoms with E-state index in [9.17, 15) is 9.59 Å². The van der Waals surface area contributed by atoms with E-state index in [2.05, 4.69) is 20.7 Å². The molecule has 2 N–H and O–H groups in total. The number of hydrogen-bond acceptors (Lipinski definition) is 8. The molecule has 1 atom stereocenters. The Morgan fingerprint density at radius 2 is 2.06 bits per heavy atom. The summed E-state index contributed by atoms with van der Waals surface area (Å²) in [5.74, 6) is 0.607. The highest BCUT2D eigenvalue weighted by Gasteiger charge is 2.26. The molecule has 1 aliphatic rings. The summed E-state index contributed by atoms with van der Waals surface area (Å²) in [6.07, 6.45) is 0.861. The number of carbonyl (C=O) groups excluding carboxylic acids is 2. The number of fused-ring (bicyclic) bond motifs is 3. The van der Waals surface area contributed by atoms with Crippen molar-refractivity contribution in [1.82, 2.24) is 19.9 Å². The van der Waals surface area contributed by atoms with Crippen LogP contribution < -0.4 is 20.3 Å². The maximum Gasteiger partial charge on any atom is 0.414 e. The van der Waals surface area contributed by atoms with Gasteiger partial charge < -0.3 is 24.8 Å². The molecule has 0 unspecified atom stereocenters. The first-order valence-corrected chi connectivity index (χ1v) is 11.2. The van der Waals surface area contributed by atoms with Gasteiger partial charge in [0.25, 0.3) is 5.91 Å². The van der Waals surface area contributed by atoms with Gasteiger partial charge >= 0.3 is 6.09 Å². The molecular formula is C24H30N6O5. The molecule has 0 saturated heterocycles. The Labute approximate surface area is 203 Å². The number of ether oxygens (including phenoxy) is 3. The zero-order valence-corrected chi connectivity index (χ0v) is 20.7. The van der Waals surface area contributed by atoms with E-state index in [1.807, 2.05) is 25.1 Å². The lowest BCUT2D eigenvalue weighted by molar-refractivity contribution is 0.0589. The topological polar surface area (TPSA) is 119 Å². The first-order valence-electron chi connectivity index (χ1n) is 11.2. The van der Waals surface area contributed by atoms with Gasteiger partial charge in [0.05, 0.1) is 37.9 Å². The van der Waals surface area contributed by atoms with Crippen molar-refractivity contribution in [2.45, 2.75) is 45.9 Å². The monoisotopic (exact) mass is 482 g/mol. The second-order valence-electron chi connectivity index (χ2n) is 9.38. The molecule has 35 heavy (non-hydrogen) atoms. The molecule has 3 heterocycles. The van der Waals surface area contributed by atoms with E-state index in [1.54, 1.807) is 41.0 Å². The van der Waals surface area contributed by atoms with Crippen LogP contribution in [0.4, 0.5) is 22.0 Å². The summed E-state index contributed by atoms with van der Waals surface area (Å²) in [6, 6.07) is 7.08. The van der Waals surface area contributed by atoms with Gasteiger partial charge in [-0.3, -0.25) is 9.69 Å². The summed E-state index contributed by atoms with van der Waals surface area (Å²) in [4.78, 5) is 31.6. The Morgan fingerprint density at radius 1 is 1.29 bits per heavy atom. The SMILES string of the molecule is COc1ccc2cc1Nc1cc(N(C)C(=O)OC(C)(C)C)c3ncc(n3n1)C(=O)N[C@@H](C)COC2. The zero-order valence-electron chi connectivity index (χ0n) is 20.7. The highest BCUT2D eigenvalue weighted by molar-refractivity contribution is 5.96. The Hall–Kier alpha value is -3.86. The number of aromatic nitrogens is 3. The summed E-state index contributed by atoms with van der Waals surface area (Å²) >= 11 is 0. The van der Waals surface area contributed by atoms with E-state index in [0.29, 0.717) is 41.8 Å². The maximum atomic E-state index is 13.0. The van der Waals surface area contributed by atoms with Crippen molar-refractivity contribution in [1.29, 1.82) is 0 Å². The summed E-state index contributed by atoms with van der Waals surface area (Å²) < 4.78 is 18.3. The van der Waals surface area contributed by atoms with Crippen LogP contribution in [0.1, 0.15) is 43.7 Å². The number of amides is 2. The van der Waals surface area contributed by atoms with Gasteiger partial charge in [-0.15, -0.1) is 5.10 Å². The van der Waals surface area contributed by atoms with Gasteiger partial charge in [0.2, 0.25) is 0 Å². The molecule has 1 aromatic carbocycles. The van der Waals surface area contributed by atoms with Crippen LogP contribution in [0.15, 0.2) is 30.5 Å². The smallest absolute Gasteiger partial charge is 0.414 e. The van der Waals surface area contributed by atoms with Crippen LogP contribution in [-0.4, -0.2) is 59.0 Å². The van der Waals surface area contributed by atoms with Gasteiger partial charge in [0, 0.05) is 19.2 Å². The van der Waals surface area contributed by atoms with Crippen LogP contribution in [0, 0.1) is 0 Å². The predicted molar refractivity (Wildman–Crippen MR) is 130 cm³/mol. The number of imidazole rings is 1. The number of nitrogens with one attached hydrogen (secondary N) is 2.